The van der Waals surface area contributed by atoms with E-state index in [-0.39, 0.29) is 6.10 Å². The van der Waals surface area contributed by atoms with E-state index in [2.05, 4.69) is 4.74 Å². The third kappa shape index (κ3) is 2.65. The summed E-state index contributed by atoms with van der Waals surface area (Å²) in [6.45, 7) is -0.716. The van der Waals surface area contributed by atoms with Gasteiger partial charge in [-0.3, -0.25) is 0 Å². The van der Waals surface area contributed by atoms with Gasteiger partial charge in [0.15, 0.2) is 6.61 Å². The Morgan fingerprint density at radius 3 is 2.05 bits per heavy atom. The van der Waals surface area contributed by atoms with E-state index in [0.29, 0.717) is 11.8 Å². The zero-order valence-corrected chi connectivity index (χ0v) is 11.1. The first-order valence-corrected chi connectivity index (χ1v) is 7.17. The molecule has 4 rings (SSSR count). The predicted molar refractivity (Wildman–Crippen MR) is 63.9 cm³/mol. The molecule has 4 saturated carbocycles. The van der Waals surface area contributed by atoms with E-state index in [1.807, 2.05) is 0 Å². The van der Waals surface area contributed by atoms with Crippen LogP contribution >= 0.6 is 0 Å². The predicted octanol–water partition coefficient (Wildman–Crippen LogP) is 2.16. The summed E-state index contributed by atoms with van der Waals surface area (Å²) in [6, 6.07) is 0. The van der Waals surface area contributed by atoms with Crippen molar-refractivity contribution in [3.05, 3.63) is 0 Å². The van der Waals surface area contributed by atoms with Crippen molar-refractivity contribution >= 4 is 11.9 Å². The molecule has 0 amide bonds. The molecule has 4 aliphatic carbocycles. The Balaban J connectivity index is 1.51. The fraction of sp³-hybridized carbons (Fsp3) is 0.857. The lowest BCUT2D eigenvalue weighted by Gasteiger charge is -2.53. The number of rotatable bonds is 4. The number of alkyl halides is 2. The maximum atomic E-state index is 11.9. The highest BCUT2D eigenvalue weighted by atomic mass is 19.3. The normalized spacial score (nSPS) is 38.0. The number of hydrogen-bond acceptors (Lipinski definition) is 4. The molecule has 20 heavy (non-hydrogen) atoms. The number of carbonyl (C=O) groups is 2. The van der Waals surface area contributed by atoms with Gasteiger partial charge in [0.25, 0.3) is 0 Å². The van der Waals surface area contributed by atoms with Gasteiger partial charge in [0.1, 0.15) is 6.10 Å². The van der Waals surface area contributed by atoms with Crippen LogP contribution in [0.5, 0.6) is 0 Å². The van der Waals surface area contributed by atoms with Gasteiger partial charge in [0.2, 0.25) is 0 Å². The molecule has 0 aromatic heterocycles. The summed E-state index contributed by atoms with van der Waals surface area (Å²) in [7, 11) is 0. The van der Waals surface area contributed by atoms with Crippen molar-refractivity contribution in [3.8, 4) is 0 Å². The minimum absolute atomic E-state index is 0.111. The molecule has 0 aliphatic heterocycles. The number of hydrogen-bond donors (Lipinski definition) is 0. The summed E-state index contributed by atoms with van der Waals surface area (Å²) >= 11 is 0. The van der Waals surface area contributed by atoms with Crippen molar-refractivity contribution in [2.45, 2.75) is 44.6 Å². The van der Waals surface area contributed by atoms with Crippen molar-refractivity contribution in [1.29, 1.82) is 0 Å². The third-order valence-electron chi connectivity index (χ3n) is 4.92. The van der Waals surface area contributed by atoms with E-state index in [1.165, 1.54) is 6.42 Å². The molecule has 0 unspecified atom stereocenters. The Hall–Kier alpha value is -1.20. The Bertz CT molecular complexity index is 382. The van der Waals surface area contributed by atoms with Gasteiger partial charge in [-0.1, -0.05) is 0 Å². The molecule has 4 aliphatic rings. The van der Waals surface area contributed by atoms with Crippen LogP contribution in [-0.4, -0.2) is 31.1 Å². The van der Waals surface area contributed by atoms with E-state index in [1.54, 1.807) is 0 Å². The second-order valence-corrected chi connectivity index (χ2v) is 6.29. The molecular formula is C14H18F2O4. The first-order valence-electron chi connectivity index (χ1n) is 7.17. The van der Waals surface area contributed by atoms with Gasteiger partial charge in [-0.15, -0.1) is 0 Å². The van der Waals surface area contributed by atoms with Crippen molar-refractivity contribution in [3.63, 3.8) is 0 Å². The van der Waals surface area contributed by atoms with Gasteiger partial charge in [-0.25, -0.2) is 9.59 Å². The summed E-state index contributed by atoms with van der Waals surface area (Å²) < 4.78 is 33.5. The van der Waals surface area contributed by atoms with Crippen LogP contribution in [-0.2, 0) is 19.1 Å². The quantitative estimate of drug-likeness (QED) is 0.744. The summed E-state index contributed by atoms with van der Waals surface area (Å²) in [5, 5.41) is 0. The molecule has 4 bridgehead atoms. The van der Waals surface area contributed by atoms with E-state index < -0.39 is 25.0 Å². The minimum atomic E-state index is -3.20. The highest BCUT2D eigenvalue weighted by Crippen LogP contribution is 2.54. The maximum Gasteiger partial charge on any atom is 0.374 e. The van der Waals surface area contributed by atoms with Crippen molar-refractivity contribution in [2.75, 3.05) is 6.61 Å². The zero-order valence-electron chi connectivity index (χ0n) is 11.1. The Kier molecular flexibility index (Phi) is 3.65. The molecule has 0 radical (unpaired) electrons. The number of halogens is 2. The van der Waals surface area contributed by atoms with Gasteiger partial charge in [0, 0.05) is 0 Å². The van der Waals surface area contributed by atoms with Crippen LogP contribution in [0, 0.1) is 23.7 Å². The van der Waals surface area contributed by atoms with Crippen molar-refractivity contribution in [1.82, 2.24) is 0 Å². The molecule has 0 heterocycles. The second kappa shape index (κ2) is 5.30. The van der Waals surface area contributed by atoms with Gasteiger partial charge in [-0.2, -0.15) is 8.78 Å². The van der Waals surface area contributed by atoms with Crippen LogP contribution in [0.15, 0.2) is 0 Å². The first-order chi connectivity index (χ1) is 9.52. The molecule has 4 fully saturated rings. The van der Waals surface area contributed by atoms with E-state index >= 15 is 0 Å². The molecular weight excluding hydrogens is 270 g/mol. The monoisotopic (exact) mass is 288 g/mol. The molecule has 6 heteroatoms. The fourth-order valence-electron chi connectivity index (χ4n) is 4.45. The Labute approximate surface area is 115 Å². The lowest BCUT2D eigenvalue weighted by Crippen LogP contribution is -2.50. The first kappa shape index (κ1) is 13.8. The fourth-order valence-corrected chi connectivity index (χ4v) is 4.45. The Morgan fingerprint density at radius 1 is 1.00 bits per heavy atom. The molecule has 0 aromatic carbocycles. The lowest BCUT2D eigenvalue weighted by molar-refractivity contribution is -0.180. The summed E-state index contributed by atoms with van der Waals surface area (Å²) in [5.74, 6) is -0.0428. The molecule has 4 nitrogen and oxygen atoms in total. The van der Waals surface area contributed by atoms with Crippen LogP contribution in [0.2, 0.25) is 0 Å². The van der Waals surface area contributed by atoms with E-state index in [4.69, 9.17) is 4.74 Å². The number of carbonyl (C=O) groups excluding carboxylic acids is 2. The largest absolute Gasteiger partial charge is 0.459 e. The van der Waals surface area contributed by atoms with Crippen molar-refractivity contribution in [2.24, 2.45) is 23.7 Å². The maximum absolute atomic E-state index is 11.9. The van der Waals surface area contributed by atoms with E-state index in [0.717, 1.165) is 37.5 Å². The molecule has 0 saturated heterocycles. The standard InChI is InChI=1S/C14H18F2O4/c15-13(16)14(18)19-6-11(17)20-12-9-2-7-1-8(4-9)5-10(12)3-7/h7-10,12-13H,1-6H2. The van der Waals surface area contributed by atoms with Gasteiger partial charge in [-0.05, 0) is 55.8 Å². The Morgan fingerprint density at radius 2 is 1.55 bits per heavy atom. The highest BCUT2D eigenvalue weighted by Gasteiger charge is 2.49. The van der Waals surface area contributed by atoms with Crippen molar-refractivity contribution < 1.29 is 27.8 Å². The van der Waals surface area contributed by atoms with Crippen LogP contribution in [0.4, 0.5) is 8.78 Å². The van der Waals surface area contributed by atoms with Crippen LogP contribution in [0.3, 0.4) is 0 Å². The van der Waals surface area contributed by atoms with E-state index in [9.17, 15) is 18.4 Å². The lowest BCUT2D eigenvalue weighted by atomic mass is 9.55. The number of esters is 2. The SMILES string of the molecule is O=C(COC(=O)C(F)F)OC1C2CC3CC(C2)CC1C3. The second-order valence-electron chi connectivity index (χ2n) is 6.29. The molecule has 0 atom stereocenters. The molecule has 0 spiro atoms. The number of ether oxygens (including phenoxy) is 2. The van der Waals surface area contributed by atoms with Crippen LogP contribution in [0.25, 0.3) is 0 Å². The zero-order chi connectivity index (χ0) is 14.3. The average Bonchev–Trinajstić information content (AvgIpc) is 2.39. The molecule has 0 N–H and O–H groups in total. The van der Waals surface area contributed by atoms with Gasteiger partial charge >= 0.3 is 18.4 Å². The van der Waals surface area contributed by atoms with Gasteiger partial charge in [0.05, 0.1) is 0 Å². The molecule has 0 aromatic rings. The van der Waals surface area contributed by atoms with Gasteiger partial charge < -0.3 is 9.47 Å². The topological polar surface area (TPSA) is 52.6 Å². The van der Waals surface area contributed by atoms with Crippen LogP contribution < -0.4 is 0 Å². The minimum Gasteiger partial charge on any atom is -0.459 e. The highest BCUT2D eigenvalue weighted by molar-refractivity contribution is 5.78. The smallest absolute Gasteiger partial charge is 0.374 e. The molecule has 112 valence electrons. The van der Waals surface area contributed by atoms with Crippen LogP contribution in [0.1, 0.15) is 32.1 Å². The summed E-state index contributed by atoms with van der Waals surface area (Å²) in [5.41, 5.74) is 0. The summed E-state index contributed by atoms with van der Waals surface area (Å²) in [6.07, 6.45) is 2.39. The third-order valence-corrected chi connectivity index (χ3v) is 4.92. The summed E-state index contributed by atoms with van der Waals surface area (Å²) in [4.78, 5) is 22.2. The average molecular weight is 288 g/mol.